The molecule has 1 unspecified atom stereocenters. The van der Waals surface area contributed by atoms with Crippen LogP contribution < -0.4 is 4.90 Å². The Morgan fingerprint density at radius 2 is 2.03 bits per heavy atom. The monoisotopic (exact) mass is 441 g/mol. The molecule has 162 valence electrons. The molecule has 11 nitrogen and oxygen atoms in total. The summed E-state index contributed by atoms with van der Waals surface area (Å²) in [7, 11) is 0. The minimum absolute atomic E-state index is 0.169. The minimum Gasteiger partial charge on any atom is -0.387 e. The number of β-amino-alcohol motifs (C(OH)–C–C–N with tert-alkyl or cyclic N) is 1. The smallest absolute Gasteiger partial charge is 0.235 e. The number of aliphatic hydroxyl groups is 1. The first-order chi connectivity index (χ1) is 15.1. The Hall–Kier alpha value is -2.83. The average Bonchev–Trinajstić information content (AvgIpc) is 3.53. The van der Waals surface area contributed by atoms with Crippen molar-refractivity contribution < 1.29 is 9.90 Å². The first kappa shape index (κ1) is 20.1. The molecule has 1 spiro atoms. The van der Waals surface area contributed by atoms with E-state index in [9.17, 15) is 9.90 Å². The molecule has 5 heterocycles. The first-order valence-electron chi connectivity index (χ1n) is 10.3. The molecule has 1 amide bonds. The van der Waals surface area contributed by atoms with Crippen LogP contribution in [0.4, 0.5) is 5.13 Å². The molecule has 0 radical (unpaired) electrons. The topological polar surface area (TPSA) is 126 Å². The van der Waals surface area contributed by atoms with E-state index in [1.54, 1.807) is 11.0 Å². The number of likely N-dealkylation sites (tertiary alicyclic amines) is 1. The van der Waals surface area contributed by atoms with Crippen LogP contribution in [0.5, 0.6) is 0 Å². The van der Waals surface area contributed by atoms with E-state index in [1.807, 2.05) is 13.0 Å². The summed E-state index contributed by atoms with van der Waals surface area (Å²) in [6, 6.07) is 3.67. The van der Waals surface area contributed by atoms with Crippen LogP contribution >= 0.6 is 11.5 Å². The van der Waals surface area contributed by atoms with Gasteiger partial charge in [0, 0.05) is 35.9 Å². The Morgan fingerprint density at radius 3 is 2.71 bits per heavy atom. The van der Waals surface area contributed by atoms with E-state index < -0.39 is 6.10 Å². The lowest BCUT2D eigenvalue weighted by Gasteiger charge is -2.38. The van der Waals surface area contributed by atoms with E-state index in [1.165, 1.54) is 28.9 Å². The Balaban J connectivity index is 1.21. The number of aromatic nitrogens is 7. The zero-order chi connectivity index (χ0) is 21.4. The largest absolute Gasteiger partial charge is 0.387 e. The van der Waals surface area contributed by atoms with Gasteiger partial charge in [-0.3, -0.25) is 9.69 Å². The van der Waals surface area contributed by atoms with Gasteiger partial charge < -0.3 is 10.0 Å². The van der Waals surface area contributed by atoms with Crippen LogP contribution in [0.25, 0.3) is 5.82 Å². The predicted molar refractivity (Wildman–Crippen MR) is 112 cm³/mol. The van der Waals surface area contributed by atoms with Crippen molar-refractivity contribution in [1.29, 1.82) is 0 Å². The Labute approximate surface area is 182 Å². The van der Waals surface area contributed by atoms with Gasteiger partial charge in [-0.25, -0.2) is 9.97 Å². The second-order valence-corrected chi connectivity index (χ2v) is 8.88. The fraction of sp³-hybridized carbons (Fsp3) is 0.526. The van der Waals surface area contributed by atoms with Crippen LogP contribution in [0.15, 0.2) is 24.8 Å². The van der Waals surface area contributed by atoms with Crippen molar-refractivity contribution in [1.82, 2.24) is 39.4 Å². The highest BCUT2D eigenvalue weighted by Crippen LogP contribution is 2.43. The highest BCUT2D eigenvalue weighted by atomic mass is 32.1. The summed E-state index contributed by atoms with van der Waals surface area (Å²) < 4.78 is 5.50. The highest BCUT2D eigenvalue weighted by molar-refractivity contribution is 7.09. The highest BCUT2D eigenvalue weighted by Gasteiger charge is 2.49. The summed E-state index contributed by atoms with van der Waals surface area (Å²) >= 11 is 1.26. The molecule has 0 saturated carbocycles. The van der Waals surface area contributed by atoms with Crippen LogP contribution in [0, 0.1) is 12.3 Å². The molecule has 0 aliphatic carbocycles. The standard InChI is InChI=1S/C19H23N9O2S/c1-13-14(2-3-16(23-13)28-12-21-24-25-28)15(29)10-26-7-4-19(5-8-26)6-9-27(17(19)30)18-20-11-22-31-18/h2-3,11-12,15,29H,4-10H2,1H3. The van der Waals surface area contributed by atoms with E-state index >= 15 is 0 Å². The summed E-state index contributed by atoms with van der Waals surface area (Å²) in [6.45, 7) is 4.65. The Kier molecular flexibility index (Phi) is 5.20. The van der Waals surface area contributed by atoms with E-state index in [-0.39, 0.29) is 11.3 Å². The first-order valence-corrected chi connectivity index (χ1v) is 11.0. The maximum atomic E-state index is 13.1. The van der Waals surface area contributed by atoms with Crippen molar-refractivity contribution in [3.63, 3.8) is 0 Å². The molecule has 2 aliphatic heterocycles. The lowest BCUT2D eigenvalue weighted by atomic mass is 9.77. The second kappa shape index (κ2) is 8.02. The number of hydrogen-bond acceptors (Lipinski definition) is 10. The Morgan fingerprint density at radius 1 is 1.23 bits per heavy atom. The van der Waals surface area contributed by atoms with Gasteiger partial charge in [0.15, 0.2) is 5.82 Å². The number of rotatable bonds is 5. The third-order valence-corrected chi connectivity index (χ3v) is 7.08. The summed E-state index contributed by atoms with van der Waals surface area (Å²) in [5.74, 6) is 0.778. The zero-order valence-electron chi connectivity index (χ0n) is 17.1. The lowest BCUT2D eigenvalue weighted by molar-refractivity contribution is -0.128. The number of tetrazole rings is 1. The van der Waals surface area contributed by atoms with Gasteiger partial charge >= 0.3 is 0 Å². The maximum Gasteiger partial charge on any atom is 0.235 e. The van der Waals surface area contributed by atoms with Crippen LogP contribution in [-0.4, -0.2) is 76.6 Å². The quantitative estimate of drug-likeness (QED) is 0.611. The molecule has 1 atom stereocenters. The van der Waals surface area contributed by atoms with Crippen LogP contribution in [0.1, 0.15) is 36.6 Å². The van der Waals surface area contributed by atoms with Gasteiger partial charge in [0.2, 0.25) is 11.0 Å². The molecule has 31 heavy (non-hydrogen) atoms. The maximum absolute atomic E-state index is 13.1. The number of carbonyl (C=O) groups excluding carboxylic acids is 1. The van der Waals surface area contributed by atoms with E-state index in [4.69, 9.17) is 0 Å². The van der Waals surface area contributed by atoms with Gasteiger partial charge in [0.25, 0.3) is 0 Å². The lowest BCUT2D eigenvalue weighted by Crippen LogP contribution is -2.45. The predicted octanol–water partition coefficient (Wildman–Crippen LogP) is 0.770. The van der Waals surface area contributed by atoms with Crippen molar-refractivity contribution in [2.45, 2.75) is 32.3 Å². The minimum atomic E-state index is -0.651. The number of aliphatic hydroxyl groups excluding tert-OH is 1. The van der Waals surface area contributed by atoms with Crippen LogP contribution in [-0.2, 0) is 4.79 Å². The van der Waals surface area contributed by atoms with Crippen LogP contribution in [0.2, 0.25) is 0 Å². The van der Waals surface area contributed by atoms with E-state index in [0.717, 1.165) is 43.6 Å². The normalized spacial score (nSPS) is 19.9. The number of piperidine rings is 1. The summed E-state index contributed by atoms with van der Waals surface area (Å²) in [6.07, 6.45) is 4.77. The van der Waals surface area contributed by atoms with Gasteiger partial charge in [-0.1, -0.05) is 6.07 Å². The van der Waals surface area contributed by atoms with Crippen LogP contribution in [0.3, 0.4) is 0 Å². The molecule has 1 N–H and O–H groups in total. The third kappa shape index (κ3) is 3.70. The van der Waals surface area contributed by atoms with Gasteiger partial charge in [-0.05, 0) is 55.8 Å². The molecule has 12 heteroatoms. The molecule has 5 rings (SSSR count). The van der Waals surface area contributed by atoms with Gasteiger partial charge in [0.05, 0.1) is 11.5 Å². The number of pyridine rings is 1. The molecular weight excluding hydrogens is 418 g/mol. The van der Waals surface area contributed by atoms with Crippen molar-refractivity contribution in [3.8, 4) is 5.82 Å². The van der Waals surface area contributed by atoms with Crippen molar-refractivity contribution in [3.05, 3.63) is 36.0 Å². The van der Waals surface area contributed by atoms with Gasteiger partial charge in [0.1, 0.15) is 12.7 Å². The number of anilines is 1. The molecule has 2 fully saturated rings. The summed E-state index contributed by atoms with van der Waals surface area (Å²) in [5.41, 5.74) is 1.22. The molecule has 2 saturated heterocycles. The molecule has 3 aromatic rings. The number of aryl methyl sites for hydroxylation is 1. The molecule has 3 aromatic heterocycles. The number of amides is 1. The fourth-order valence-corrected chi connectivity index (χ4v) is 5.12. The molecule has 2 aliphatic rings. The third-order valence-electron chi connectivity index (χ3n) is 6.39. The average molecular weight is 442 g/mol. The molecule has 0 bridgehead atoms. The molecule has 0 aromatic carbocycles. The second-order valence-electron chi connectivity index (χ2n) is 8.13. The zero-order valence-corrected chi connectivity index (χ0v) is 17.9. The van der Waals surface area contributed by atoms with Gasteiger partial charge in [-0.2, -0.15) is 9.06 Å². The van der Waals surface area contributed by atoms with Gasteiger partial charge in [-0.15, -0.1) is 5.10 Å². The summed E-state index contributed by atoms with van der Waals surface area (Å²) in [4.78, 5) is 25.8. The number of carbonyl (C=O) groups is 1. The summed E-state index contributed by atoms with van der Waals surface area (Å²) in [5, 5.41) is 22.6. The number of nitrogens with zero attached hydrogens (tertiary/aromatic N) is 9. The SMILES string of the molecule is Cc1nc(-n2cnnn2)ccc1C(O)CN1CCC2(CC1)CCN(c1ncns1)C2=O. The molecular formula is C19H23N9O2S. The fourth-order valence-electron chi connectivity index (χ4n) is 4.56. The Bertz CT molecular complexity index is 1050. The van der Waals surface area contributed by atoms with E-state index in [0.29, 0.717) is 24.0 Å². The van der Waals surface area contributed by atoms with Crippen molar-refractivity contribution in [2.75, 3.05) is 31.1 Å². The van der Waals surface area contributed by atoms with Crippen molar-refractivity contribution >= 4 is 22.6 Å². The number of hydrogen-bond donors (Lipinski definition) is 1. The van der Waals surface area contributed by atoms with Crippen molar-refractivity contribution in [2.24, 2.45) is 5.41 Å². The van der Waals surface area contributed by atoms with E-state index in [2.05, 4.69) is 34.8 Å².